The normalized spacial score (nSPS) is 16.4. The van der Waals surface area contributed by atoms with E-state index in [-0.39, 0.29) is 11.0 Å². The molecule has 1 aliphatic rings. The van der Waals surface area contributed by atoms with Gasteiger partial charge in [0.15, 0.2) is 0 Å². The van der Waals surface area contributed by atoms with Crippen LogP contribution in [0.2, 0.25) is 0 Å². The highest BCUT2D eigenvalue weighted by Gasteiger charge is 2.48. The van der Waals surface area contributed by atoms with Crippen molar-refractivity contribution >= 4 is 11.0 Å². The minimum Gasteiger partial charge on any atom is -0.487 e. The molecule has 1 aromatic heterocycles. The van der Waals surface area contributed by atoms with Gasteiger partial charge in [-0.3, -0.25) is 0 Å². The Morgan fingerprint density at radius 3 is 1.66 bits per heavy atom. The quantitative estimate of drug-likeness (QED) is 0.403. The summed E-state index contributed by atoms with van der Waals surface area (Å²) < 4.78 is 6.31. The van der Waals surface area contributed by atoms with Crippen LogP contribution in [0.4, 0.5) is 0 Å². The molecule has 0 aliphatic carbocycles. The summed E-state index contributed by atoms with van der Waals surface area (Å²) in [5.74, 6) is 0.910. The molecule has 0 fully saturated rings. The number of hydrogen-bond donors (Lipinski definition) is 0. The van der Waals surface area contributed by atoms with E-state index in [0.717, 1.165) is 39.3 Å². The summed E-state index contributed by atoms with van der Waals surface area (Å²) in [4.78, 5) is 10.1. The molecule has 0 N–H and O–H groups in total. The number of rotatable bonds is 2. The maximum atomic E-state index is 6.31. The van der Waals surface area contributed by atoms with Crippen molar-refractivity contribution in [3.8, 4) is 28.3 Å². The highest BCUT2D eigenvalue weighted by Crippen LogP contribution is 2.50. The van der Waals surface area contributed by atoms with Crippen LogP contribution < -0.4 is 4.74 Å². The summed E-state index contributed by atoms with van der Waals surface area (Å²) in [5, 5.41) is 0. The maximum Gasteiger partial charge on any atom is 0.126 e. The van der Waals surface area contributed by atoms with E-state index in [1.165, 1.54) is 5.56 Å². The average molecular weight is 380 g/mol. The van der Waals surface area contributed by atoms with E-state index in [1.54, 1.807) is 0 Å². The summed E-state index contributed by atoms with van der Waals surface area (Å²) in [7, 11) is 0. The van der Waals surface area contributed by atoms with E-state index in [0.29, 0.717) is 0 Å². The standard InChI is InChI=1S/C26H24N2O/c1-25(2)19-15-20-21(16-22(19)29-26(25,3)4)28-24(18-13-9-6-10-14-18)23(27-20)17-11-7-5-8-12-17/h5-16H,1-4H3. The second-order valence-corrected chi connectivity index (χ2v) is 8.73. The number of fused-ring (bicyclic) bond motifs is 2. The second-order valence-electron chi connectivity index (χ2n) is 8.73. The summed E-state index contributed by atoms with van der Waals surface area (Å²) >= 11 is 0. The molecule has 144 valence electrons. The van der Waals surface area contributed by atoms with Gasteiger partial charge in [-0.2, -0.15) is 0 Å². The van der Waals surface area contributed by atoms with E-state index in [4.69, 9.17) is 14.7 Å². The molecule has 29 heavy (non-hydrogen) atoms. The average Bonchev–Trinajstić information content (AvgIpc) is 2.90. The molecule has 0 saturated heterocycles. The number of hydrogen-bond acceptors (Lipinski definition) is 3. The lowest BCUT2D eigenvalue weighted by molar-refractivity contribution is 0.0713. The van der Waals surface area contributed by atoms with Crippen LogP contribution in [-0.2, 0) is 5.41 Å². The fourth-order valence-corrected chi connectivity index (χ4v) is 3.98. The van der Waals surface area contributed by atoms with Crippen molar-refractivity contribution in [2.75, 3.05) is 0 Å². The zero-order chi connectivity index (χ0) is 20.2. The number of ether oxygens (including phenoxy) is 1. The van der Waals surface area contributed by atoms with Crippen LogP contribution >= 0.6 is 0 Å². The first-order chi connectivity index (χ1) is 13.9. The molecule has 0 saturated carbocycles. The van der Waals surface area contributed by atoms with Gasteiger partial charge in [0.25, 0.3) is 0 Å². The molecule has 0 atom stereocenters. The van der Waals surface area contributed by atoms with Crippen molar-refractivity contribution in [3.63, 3.8) is 0 Å². The van der Waals surface area contributed by atoms with Crippen LogP contribution in [0, 0.1) is 0 Å². The molecule has 0 bridgehead atoms. The van der Waals surface area contributed by atoms with Crippen LogP contribution in [0.25, 0.3) is 33.5 Å². The van der Waals surface area contributed by atoms with E-state index in [2.05, 4.69) is 64.1 Å². The molecular weight excluding hydrogens is 356 g/mol. The predicted molar refractivity (Wildman–Crippen MR) is 118 cm³/mol. The molecule has 0 spiro atoms. The first kappa shape index (κ1) is 17.9. The van der Waals surface area contributed by atoms with Gasteiger partial charge in [0.05, 0.1) is 22.4 Å². The molecule has 3 nitrogen and oxygen atoms in total. The van der Waals surface area contributed by atoms with Gasteiger partial charge in [-0.15, -0.1) is 0 Å². The molecule has 5 rings (SSSR count). The molecule has 2 heterocycles. The monoisotopic (exact) mass is 380 g/mol. The van der Waals surface area contributed by atoms with Crippen LogP contribution in [0.3, 0.4) is 0 Å². The van der Waals surface area contributed by atoms with Gasteiger partial charge in [0.1, 0.15) is 11.4 Å². The Labute approximate surface area is 171 Å². The SMILES string of the molecule is CC1(C)Oc2cc3nc(-c4ccccc4)c(-c4ccccc4)nc3cc2C1(C)C. The summed E-state index contributed by atoms with van der Waals surface area (Å²) in [6.07, 6.45) is 0. The minimum absolute atomic E-state index is 0.108. The highest BCUT2D eigenvalue weighted by atomic mass is 16.5. The van der Waals surface area contributed by atoms with Gasteiger partial charge in [-0.05, 0) is 19.9 Å². The Kier molecular flexibility index (Phi) is 3.79. The van der Waals surface area contributed by atoms with Crippen LogP contribution in [-0.4, -0.2) is 15.6 Å². The Hall–Kier alpha value is -3.20. The molecule has 3 aromatic carbocycles. The van der Waals surface area contributed by atoms with E-state index in [1.807, 2.05) is 36.4 Å². The third kappa shape index (κ3) is 2.72. The Morgan fingerprint density at radius 2 is 1.14 bits per heavy atom. The molecule has 3 heteroatoms. The fourth-order valence-electron chi connectivity index (χ4n) is 3.98. The molecule has 0 unspecified atom stereocenters. The van der Waals surface area contributed by atoms with Crippen molar-refractivity contribution in [2.45, 2.75) is 38.7 Å². The van der Waals surface area contributed by atoms with Crippen LogP contribution in [0.5, 0.6) is 5.75 Å². The number of aromatic nitrogens is 2. The van der Waals surface area contributed by atoms with Crippen molar-refractivity contribution in [2.24, 2.45) is 0 Å². The van der Waals surface area contributed by atoms with Gasteiger partial charge in [0, 0.05) is 28.2 Å². The fraction of sp³-hybridized carbons (Fsp3) is 0.231. The molecule has 0 amide bonds. The van der Waals surface area contributed by atoms with Gasteiger partial charge in [-0.1, -0.05) is 74.5 Å². The van der Waals surface area contributed by atoms with E-state index < -0.39 is 0 Å². The van der Waals surface area contributed by atoms with E-state index >= 15 is 0 Å². The third-order valence-corrected chi connectivity index (χ3v) is 6.40. The van der Waals surface area contributed by atoms with Gasteiger partial charge in [0.2, 0.25) is 0 Å². The third-order valence-electron chi connectivity index (χ3n) is 6.40. The first-order valence-electron chi connectivity index (χ1n) is 10.0. The van der Waals surface area contributed by atoms with Gasteiger partial charge < -0.3 is 4.74 Å². The van der Waals surface area contributed by atoms with Gasteiger partial charge >= 0.3 is 0 Å². The van der Waals surface area contributed by atoms with Crippen LogP contribution in [0.1, 0.15) is 33.3 Å². The first-order valence-corrected chi connectivity index (χ1v) is 10.0. The van der Waals surface area contributed by atoms with Crippen molar-refractivity contribution in [1.29, 1.82) is 0 Å². The summed E-state index contributed by atoms with van der Waals surface area (Å²) in [6.45, 7) is 8.75. The Balaban J connectivity index is 1.80. The molecular formula is C26H24N2O. The lowest BCUT2D eigenvalue weighted by Gasteiger charge is -2.33. The lowest BCUT2D eigenvalue weighted by atomic mass is 9.74. The minimum atomic E-state index is -0.281. The summed E-state index contributed by atoms with van der Waals surface area (Å²) in [5.41, 5.74) is 6.48. The molecule has 0 radical (unpaired) electrons. The van der Waals surface area contributed by atoms with Crippen molar-refractivity contribution < 1.29 is 4.74 Å². The predicted octanol–water partition coefficient (Wildman–Crippen LogP) is 6.41. The Morgan fingerprint density at radius 1 is 0.655 bits per heavy atom. The second kappa shape index (κ2) is 6.15. The van der Waals surface area contributed by atoms with Crippen molar-refractivity contribution in [3.05, 3.63) is 78.4 Å². The lowest BCUT2D eigenvalue weighted by Crippen LogP contribution is -2.41. The maximum absolute atomic E-state index is 6.31. The highest BCUT2D eigenvalue weighted by molar-refractivity contribution is 5.87. The molecule has 1 aliphatic heterocycles. The smallest absolute Gasteiger partial charge is 0.126 e. The summed E-state index contributed by atoms with van der Waals surface area (Å²) in [6, 6.07) is 24.7. The zero-order valence-corrected chi connectivity index (χ0v) is 17.2. The van der Waals surface area contributed by atoms with Crippen LogP contribution in [0.15, 0.2) is 72.8 Å². The zero-order valence-electron chi connectivity index (χ0n) is 17.2. The topological polar surface area (TPSA) is 35.0 Å². The van der Waals surface area contributed by atoms with Crippen molar-refractivity contribution in [1.82, 2.24) is 9.97 Å². The van der Waals surface area contributed by atoms with Gasteiger partial charge in [-0.25, -0.2) is 9.97 Å². The number of nitrogens with zero attached hydrogens (tertiary/aromatic N) is 2. The largest absolute Gasteiger partial charge is 0.487 e. The molecule has 4 aromatic rings. The number of benzene rings is 3. The van der Waals surface area contributed by atoms with E-state index in [9.17, 15) is 0 Å². The Bertz CT molecular complexity index is 1210.